The van der Waals surface area contributed by atoms with Gasteiger partial charge in [0, 0.05) is 24.9 Å². The highest BCUT2D eigenvalue weighted by Crippen LogP contribution is 2.21. The van der Waals surface area contributed by atoms with Crippen LogP contribution >= 0.6 is 0 Å². The van der Waals surface area contributed by atoms with E-state index in [1.165, 1.54) is 46.2 Å². The van der Waals surface area contributed by atoms with Crippen LogP contribution in [0.2, 0.25) is 0 Å². The van der Waals surface area contributed by atoms with E-state index < -0.39 is 16.9 Å². The number of nitro groups is 1. The van der Waals surface area contributed by atoms with Crippen LogP contribution in [0, 0.1) is 10.1 Å². The second kappa shape index (κ2) is 6.11. The number of benzene rings is 1. The van der Waals surface area contributed by atoms with E-state index in [9.17, 15) is 19.7 Å². The van der Waals surface area contributed by atoms with Crippen LogP contribution in [0.25, 0.3) is 5.69 Å². The first-order valence-corrected chi connectivity index (χ1v) is 7.30. The van der Waals surface area contributed by atoms with Crippen LogP contribution in [0.5, 0.6) is 0 Å². The topological polar surface area (TPSA) is 119 Å². The van der Waals surface area contributed by atoms with Crippen LogP contribution in [0.15, 0.2) is 36.7 Å². The Kier molecular flexibility index (Phi) is 3.98. The van der Waals surface area contributed by atoms with E-state index in [1.807, 2.05) is 0 Å². The Balaban J connectivity index is 1.81. The number of nitrogens with zero attached hydrogens (tertiary/aromatic N) is 4. The number of carboxylic acids is 1. The van der Waals surface area contributed by atoms with Gasteiger partial charge in [-0.05, 0) is 25.0 Å². The minimum Gasteiger partial charge on any atom is -0.480 e. The van der Waals surface area contributed by atoms with Crippen molar-refractivity contribution in [2.24, 2.45) is 0 Å². The maximum Gasteiger partial charge on any atom is 0.326 e. The van der Waals surface area contributed by atoms with Crippen molar-refractivity contribution < 1.29 is 19.6 Å². The Morgan fingerprint density at radius 1 is 1.29 bits per heavy atom. The summed E-state index contributed by atoms with van der Waals surface area (Å²) in [6.07, 6.45) is 3.94. The van der Waals surface area contributed by atoms with Gasteiger partial charge < -0.3 is 10.0 Å². The van der Waals surface area contributed by atoms with Gasteiger partial charge in [-0.3, -0.25) is 14.9 Å². The van der Waals surface area contributed by atoms with Gasteiger partial charge in [-0.2, -0.15) is 5.10 Å². The molecule has 0 radical (unpaired) electrons. The number of carbonyl (C=O) groups is 2. The SMILES string of the molecule is O=C(O)[C@H]1CCCN1C(=O)c1cnn(-c2ccc([N+](=O)[O-])cc2)c1. The number of rotatable bonds is 4. The van der Waals surface area contributed by atoms with E-state index >= 15 is 0 Å². The molecule has 1 N–H and O–H groups in total. The number of carboxylic acid groups (broad SMARTS) is 1. The summed E-state index contributed by atoms with van der Waals surface area (Å²) in [6, 6.07) is 4.93. The summed E-state index contributed by atoms with van der Waals surface area (Å²) in [6.45, 7) is 0.401. The Morgan fingerprint density at radius 3 is 2.62 bits per heavy atom. The van der Waals surface area contributed by atoms with Crippen molar-refractivity contribution in [3.63, 3.8) is 0 Å². The molecule has 0 bridgehead atoms. The van der Waals surface area contributed by atoms with E-state index in [4.69, 9.17) is 5.11 Å². The van der Waals surface area contributed by atoms with Crippen LogP contribution in [-0.4, -0.2) is 49.2 Å². The number of aliphatic carboxylic acids is 1. The molecule has 24 heavy (non-hydrogen) atoms. The van der Waals surface area contributed by atoms with Gasteiger partial charge in [0.15, 0.2) is 0 Å². The molecule has 1 aromatic heterocycles. The normalized spacial score (nSPS) is 17.0. The molecule has 2 heterocycles. The zero-order chi connectivity index (χ0) is 17.3. The molecule has 124 valence electrons. The van der Waals surface area contributed by atoms with Gasteiger partial charge in [0.25, 0.3) is 11.6 Å². The summed E-state index contributed by atoms with van der Waals surface area (Å²) in [7, 11) is 0. The third-order valence-corrected chi connectivity index (χ3v) is 3.95. The van der Waals surface area contributed by atoms with Gasteiger partial charge in [-0.25, -0.2) is 9.48 Å². The lowest BCUT2D eigenvalue weighted by atomic mass is 10.2. The number of nitro benzene ring substituents is 1. The van der Waals surface area contributed by atoms with Gasteiger partial charge >= 0.3 is 5.97 Å². The van der Waals surface area contributed by atoms with Crippen LogP contribution < -0.4 is 0 Å². The molecule has 0 unspecified atom stereocenters. The van der Waals surface area contributed by atoms with Crippen molar-refractivity contribution in [1.29, 1.82) is 0 Å². The molecular weight excluding hydrogens is 316 g/mol. The smallest absolute Gasteiger partial charge is 0.326 e. The van der Waals surface area contributed by atoms with Crippen molar-refractivity contribution in [1.82, 2.24) is 14.7 Å². The van der Waals surface area contributed by atoms with Gasteiger partial charge in [0.05, 0.1) is 22.4 Å². The second-order valence-electron chi connectivity index (χ2n) is 5.44. The molecular formula is C15H14N4O5. The molecule has 1 amide bonds. The summed E-state index contributed by atoms with van der Waals surface area (Å²) in [4.78, 5) is 35.2. The highest BCUT2D eigenvalue weighted by Gasteiger charge is 2.34. The Morgan fingerprint density at radius 2 is 2.00 bits per heavy atom. The number of hydrogen-bond acceptors (Lipinski definition) is 5. The predicted molar refractivity (Wildman–Crippen MR) is 81.9 cm³/mol. The van der Waals surface area contributed by atoms with E-state index in [1.54, 1.807) is 0 Å². The second-order valence-corrected chi connectivity index (χ2v) is 5.44. The van der Waals surface area contributed by atoms with Gasteiger partial charge in [0.2, 0.25) is 0 Å². The molecule has 2 aromatic rings. The van der Waals surface area contributed by atoms with Crippen LogP contribution in [-0.2, 0) is 4.79 Å². The number of aromatic nitrogens is 2. The Bertz CT molecular complexity index is 798. The number of carbonyl (C=O) groups excluding carboxylic acids is 1. The third kappa shape index (κ3) is 2.83. The van der Waals surface area contributed by atoms with Crippen molar-refractivity contribution in [2.75, 3.05) is 6.54 Å². The fourth-order valence-electron chi connectivity index (χ4n) is 2.73. The van der Waals surface area contributed by atoms with Gasteiger partial charge in [-0.15, -0.1) is 0 Å². The summed E-state index contributed by atoms with van der Waals surface area (Å²) in [5.74, 6) is -1.39. The molecule has 1 aliphatic heterocycles. The summed E-state index contributed by atoms with van der Waals surface area (Å²) < 4.78 is 1.42. The minimum atomic E-state index is -1.01. The number of hydrogen-bond donors (Lipinski definition) is 1. The zero-order valence-electron chi connectivity index (χ0n) is 12.5. The first-order chi connectivity index (χ1) is 11.5. The molecule has 0 spiro atoms. The fraction of sp³-hybridized carbons (Fsp3) is 0.267. The van der Waals surface area contributed by atoms with Crippen LogP contribution in [0.4, 0.5) is 5.69 Å². The van der Waals surface area contributed by atoms with Crippen molar-refractivity contribution in [3.05, 3.63) is 52.3 Å². The molecule has 3 rings (SSSR count). The maximum atomic E-state index is 12.5. The average molecular weight is 330 g/mol. The van der Waals surface area contributed by atoms with E-state index in [0.717, 1.165) is 0 Å². The largest absolute Gasteiger partial charge is 0.480 e. The van der Waals surface area contributed by atoms with Crippen LogP contribution in [0.3, 0.4) is 0 Å². The highest BCUT2D eigenvalue weighted by molar-refractivity contribution is 5.96. The molecule has 0 aliphatic carbocycles. The maximum absolute atomic E-state index is 12.5. The van der Waals surface area contributed by atoms with Crippen molar-refractivity contribution >= 4 is 17.6 Å². The number of non-ortho nitro benzene ring substituents is 1. The van der Waals surface area contributed by atoms with Gasteiger partial charge in [0.1, 0.15) is 6.04 Å². The molecule has 1 aliphatic rings. The van der Waals surface area contributed by atoms with Crippen molar-refractivity contribution in [2.45, 2.75) is 18.9 Å². The summed E-state index contributed by atoms with van der Waals surface area (Å²) in [5.41, 5.74) is 0.806. The Hall–Kier alpha value is -3.23. The molecule has 0 saturated carbocycles. The standard InChI is InChI=1S/C15H14N4O5/c20-14(17-7-1-2-13(17)15(21)22)10-8-16-18(9-10)11-3-5-12(6-4-11)19(23)24/h3-6,8-9,13H,1-2,7H2,(H,21,22)/t13-/m1/s1. The lowest BCUT2D eigenvalue weighted by Gasteiger charge is -2.20. The molecule has 9 nitrogen and oxygen atoms in total. The lowest BCUT2D eigenvalue weighted by molar-refractivity contribution is -0.384. The number of likely N-dealkylation sites (tertiary alicyclic amines) is 1. The van der Waals surface area contributed by atoms with Crippen molar-refractivity contribution in [3.8, 4) is 5.69 Å². The Labute approximate surface area is 136 Å². The quantitative estimate of drug-likeness (QED) is 0.670. The average Bonchev–Trinajstić information content (AvgIpc) is 3.24. The highest BCUT2D eigenvalue weighted by atomic mass is 16.6. The first kappa shape index (κ1) is 15.7. The fourth-order valence-corrected chi connectivity index (χ4v) is 2.73. The zero-order valence-corrected chi connectivity index (χ0v) is 12.5. The van der Waals surface area contributed by atoms with Crippen LogP contribution in [0.1, 0.15) is 23.2 Å². The monoisotopic (exact) mass is 330 g/mol. The summed E-state index contributed by atoms with van der Waals surface area (Å²) in [5, 5.41) is 23.9. The number of amides is 1. The third-order valence-electron chi connectivity index (χ3n) is 3.95. The summed E-state index contributed by atoms with van der Waals surface area (Å²) >= 11 is 0. The molecule has 1 atom stereocenters. The first-order valence-electron chi connectivity index (χ1n) is 7.30. The van der Waals surface area contributed by atoms with Gasteiger partial charge in [-0.1, -0.05) is 0 Å². The lowest BCUT2D eigenvalue weighted by Crippen LogP contribution is -2.40. The molecule has 9 heteroatoms. The molecule has 1 saturated heterocycles. The molecule has 1 aromatic carbocycles. The minimum absolute atomic E-state index is 0.0384. The van der Waals surface area contributed by atoms with E-state index in [2.05, 4.69) is 5.10 Å². The van der Waals surface area contributed by atoms with E-state index in [-0.39, 0.29) is 17.2 Å². The molecule has 1 fully saturated rings. The van der Waals surface area contributed by atoms with E-state index in [0.29, 0.717) is 25.1 Å². The predicted octanol–water partition coefficient (Wildman–Crippen LogP) is 1.47.